The van der Waals surface area contributed by atoms with E-state index >= 15 is 0 Å². The standard InChI is InChI=1S/C12H15N3OS/c1-8-6-9(2-4-16-8)15-11-10-3-5-17-12(10)14-7-13-11/h3,5,7-9H,2,4,6H2,1H3,(H,13,14,15). The first-order valence-electron chi connectivity index (χ1n) is 5.89. The van der Waals surface area contributed by atoms with Gasteiger partial charge in [0.1, 0.15) is 17.0 Å². The third-order valence-corrected chi connectivity index (χ3v) is 3.91. The van der Waals surface area contributed by atoms with E-state index in [1.165, 1.54) is 0 Å². The van der Waals surface area contributed by atoms with Crippen LogP contribution in [0.4, 0.5) is 5.82 Å². The van der Waals surface area contributed by atoms with Gasteiger partial charge in [-0.3, -0.25) is 0 Å². The second-order valence-corrected chi connectivity index (χ2v) is 5.30. The van der Waals surface area contributed by atoms with Gasteiger partial charge in [-0.2, -0.15) is 0 Å². The maximum atomic E-state index is 5.55. The number of anilines is 1. The third-order valence-electron chi connectivity index (χ3n) is 3.09. The van der Waals surface area contributed by atoms with Crippen molar-refractivity contribution in [1.82, 2.24) is 9.97 Å². The van der Waals surface area contributed by atoms with Crippen LogP contribution in [0, 0.1) is 0 Å². The van der Waals surface area contributed by atoms with Gasteiger partial charge in [-0.1, -0.05) is 0 Å². The molecular formula is C12H15N3OS. The van der Waals surface area contributed by atoms with Gasteiger partial charge in [-0.15, -0.1) is 11.3 Å². The zero-order valence-electron chi connectivity index (χ0n) is 9.72. The summed E-state index contributed by atoms with van der Waals surface area (Å²) in [5.41, 5.74) is 0. The quantitative estimate of drug-likeness (QED) is 0.889. The summed E-state index contributed by atoms with van der Waals surface area (Å²) in [7, 11) is 0. The number of hydrogen-bond acceptors (Lipinski definition) is 5. The van der Waals surface area contributed by atoms with Crippen molar-refractivity contribution in [3.63, 3.8) is 0 Å². The average Bonchev–Trinajstić information content (AvgIpc) is 2.78. The number of aromatic nitrogens is 2. The minimum Gasteiger partial charge on any atom is -0.378 e. The van der Waals surface area contributed by atoms with Crippen LogP contribution in [0.1, 0.15) is 19.8 Å². The Bertz CT molecular complexity index is 513. The molecule has 2 aromatic rings. The molecule has 1 aliphatic rings. The lowest BCUT2D eigenvalue weighted by Crippen LogP contribution is -2.32. The number of ether oxygens (including phenoxy) is 1. The van der Waals surface area contributed by atoms with E-state index in [9.17, 15) is 0 Å². The Balaban J connectivity index is 1.82. The Hall–Kier alpha value is -1.20. The van der Waals surface area contributed by atoms with Gasteiger partial charge in [0.2, 0.25) is 0 Å². The van der Waals surface area contributed by atoms with E-state index in [-0.39, 0.29) is 0 Å². The van der Waals surface area contributed by atoms with E-state index in [1.807, 2.05) is 0 Å². The van der Waals surface area contributed by atoms with E-state index in [0.29, 0.717) is 12.1 Å². The lowest BCUT2D eigenvalue weighted by atomic mass is 10.0. The highest BCUT2D eigenvalue weighted by Gasteiger charge is 2.20. The molecule has 1 aliphatic heterocycles. The third kappa shape index (κ3) is 2.25. The highest BCUT2D eigenvalue weighted by Crippen LogP contribution is 2.26. The molecule has 0 aliphatic carbocycles. The molecule has 1 saturated heterocycles. The van der Waals surface area contributed by atoms with E-state index < -0.39 is 0 Å². The zero-order chi connectivity index (χ0) is 11.7. The molecule has 5 heteroatoms. The molecule has 4 nitrogen and oxygen atoms in total. The summed E-state index contributed by atoms with van der Waals surface area (Å²) >= 11 is 1.65. The first-order valence-corrected chi connectivity index (χ1v) is 6.77. The summed E-state index contributed by atoms with van der Waals surface area (Å²) in [6.07, 6.45) is 4.04. The maximum Gasteiger partial charge on any atom is 0.138 e. The lowest BCUT2D eigenvalue weighted by Gasteiger charge is -2.28. The number of nitrogens with zero attached hydrogens (tertiary/aromatic N) is 2. The van der Waals surface area contributed by atoms with Gasteiger partial charge < -0.3 is 10.1 Å². The van der Waals surface area contributed by atoms with Gasteiger partial charge in [0.25, 0.3) is 0 Å². The molecule has 0 saturated carbocycles. The smallest absolute Gasteiger partial charge is 0.138 e. The van der Waals surface area contributed by atoms with Gasteiger partial charge in [0.05, 0.1) is 11.5 Å². The first-order chi connectivity index (χ1) is 8.33. The molecule has 17 heavy (non-hydrogen) atoms. The van der Waals surface area contributed by atoms with Gasteiger partial charge in [0.15, 0.2) is 0 Å². The SMILES string of the molecule is CC1CC(Nc2ncnc3sccc23)CCO1. The number of hydrogen-bond donors (Lipinski definition) is 1. The lowest BCUT2D eigenvalue weighted by molar-refractivity contribution is 0.0232. The average molecular weight is 249 g/mol. The number of rotatable bonds is 2. The topological polar surface area (TPSA) is 47.0 Å². The molecule has 1 fully saturated rings. The molecule has 3 heterocycles. The fourth-order valence-electron chi connectivity index (χ4n) is 2.23. The fourth-order valence-corrected chi connectivity index (χ4v) is 2.96. The number of nitrogens with one attached hydrogen (secondary N) is 1. The van der Waals surface area contributed by atoms with E-state index in [4.69, 9.17) is 4.74 Å². The summed E-state index contributed by atoms with van der Waals surface area (Å²) in [5.74, 6) is 0.954. The molecule has 3 rings (SSSR count). The van der Waals surface area contributed by atoms with Crippen LogP contribution in [0.2, 0.25) is 0 Å². The number of fused-ring (bicyclic) bond motifs is 1. The molecule has 0 bridgehead atoms. The summed E-state index contributed by atoms with van der Waals surface area (Å²) in [6, 6.07) is 2.53. The highest BCUT2D eigenvalue weighted by atomic mass is 32.1. The van der Waals surface area contributed by atoms with Crippen molar-refractivity contribution in [3.8, 4) is 0 Å². The van der Waals surface area contributed by atoms with Gasteiger partial charge in [0, 0.05) is 12.6 Å². The molecule has 0 spiro atoms. The Labute approximate surface area is 104 Å². The molecule has 0 aromatic carbocycles. The summed E-state index contributed by atoms with van der Waals surface area (Å²) in [5, 5.41) is 6.69. The second kappa shape index (κ2) is 4.58. The summed E-state index contributed by atoms with van der Waals surface area (Å²) in [4.78, 5) is 9.64. The van der Waals surface area contributed by atoms with Crippen molar-refractivity contribution in [2.75, 3.05) is 11.9 Å². The molecule has 1 N–H and O–H groups in total. The van der Waals surface area contributed by atoms with E-state index in [2.05, 4.69) is 33.7 Å². The van der Waals surface area contributed by atoms with Crippen molar-refractivity contribution in [3.05, 3.63) is 17.8 Å². The van der Waals surface area contributed by atoms with Crippen LogP contribution in [0.3, 0.4) is 0 Å². The Morgan fingerprint density at radius 2 is 2.41 bits per heavy atom. The Morgan fingerprint density at radius 1 is 1.47 bits per heavy atom. The minimum absolute atomic E-state index is 0.334. The normalized spacial score (nSPS) is 25.0. The zero-order valence-corrected chi connectivity index (χ0v) is 10.5. The van der Waals surface area contributed by atoms with Gasteiger partial charge in [-0.05, 0) is 31.2 Å². The van der Waals surface area contributed by atoms with Crippen LogP contribution >= 0.6 is 11.3 Å². The van der Waals surface area contributed by atoms with E-state index in [0.717, 1.165) is 35.5 Å². The first kappa shape index (κ1) is 10.9. The van der Waals surface area contributed by atoms with Crippen molar-refractivity contribution >= 4 is 27.4 Å². The predicted octanol–water partition coefficient (Wildman–Crippen LogP) is 2.67. The predicted molar refractivity (Wildman–Crippen MR) is 69.5 cm³/mol. The van der Waals surface area contributed by atoms with Crippen LogP contribution in [0.25, 0.3) is 10.2 Å². The molecule has 0 amide bonds. The van der Waals surface area contributed by atoms with Gasteiger partial charge >= 0.3 is 0 Å². The van der Waals surface area contributed by atoms with Crippen LogP contribution in [-0.2, 0) is 4.74 Å². The molecular weight excluding hydrogens is 234 g/mol. The molecule has 0 radical (unpaired) electrons. The summed E-state index contributed by atoms with van der Waals surface area (Å²) in [6.45, 7) is 2.95. The monoisotopic (exact) mass is 249 g/mol. The van der Waals surface area contributed by atoms with Crippen LogP contribution in [0.15, 0.2) is 17.8 Å². The Morgan fingerprint density at radius 3 is 3.29 bits per heavy atom. The largest absolute Gasteiger partial charge is 0.378 e. The minimum atomic E-state index is 0.334. The molecule has 2 aromatic heterocycles. The number of thiophene rings is 1. The second-order valence-electron chi connectivity index (χ2n) is 4.41. The molecule has 2 unspecified atom stereocenters. The fraction of sp³-hybridized carbons (Fsp3) is 0.500. The van der Waals surface area contributed by atoms with Crippen LogP contribution in [-0.4, -0.2) is 28.7 Å². The van der Waals surface area contributed by atoms with Gasteiger partial charge in [-0.25, -0.2) is 9.97 Å². The van der Waals surface area contributed by atoms with Crippen molar-refractivity contribution in [2.24, 2.45) is 0 Å². The highest BCUT2D eigenvalue weighted by molar-refractivity contribution is 7.16. The molecule has 2 atom stereocenters. The van der Waals surface area contributed by atoms with Crippen molar-refractivity contribution in [2.45, 2.75) is 31.9 Å². The van der Waals surface area contributed by atoms with Crippen LogP contribution in [0.5, 0.6) is 0 Å². The Kier molecular flexibility index (Phi) is 2.94. The van der Waals surface area contributed by atoms with Crippen molar-refractivity contribution in [1.29, 1.82) is 0 Å². The molecule has 90 valence electrons. The summed E-state index contributed by atoms with van der Waals surface area (Å²) < 4.78 is 5.55. The van der Waals surface area contributed by atoms with Crippen LogP contribution < -0.4 is 5.32 Å². The maximum absolute atomic E-state index is 5.55. The van der Waals surface area contributed by atoms with Crippen molar-refractivity contribution < 1.29 is 4.74 Å². The van der Waals surface area contributed by atoms with E-state index in [1.54, 1.807) is 17.7 Å².